The second kappa shape index (κ2) is 5.09. The summed E-state index contributed by atoms with van der Waals surface area (Å²) in [5.74, 6) is 0.497. The van der Waals surface area contributed by atoms with Crippen LogP contribution in [-0.2, 0) is 6.61 Å². The van der Waals surface area contributed by atoms with E-state index in [0.29, 0.717) is 12.4 Å². The molecule has 4 nitrogen and oxygen atoms in total. The first-order valence-electron chi connectivity index (χ1n) is 6.28. The average molecular weight is 266 g/mol. The molecule has 3 N–H and O–H groups in total. The number of anilines is 1. The number of phenolic OH excluding ortho intramolecular Hbond substituents is 1. The van der Waals surface area contributed by atoms with Crippen molar-refractivity contribution in [3.05, 3.63) is 60.3 Å². The minimum Gasteiger partial charge on any atom is -0.506 e. The van der Waals surface area contributed by atoms with E-state index >= 15 is 0 Å². The summed E-state index contributed by atoms with van der Waals surface area (Å²) in [4.78, 5) is 4.37. The van der Waals surface area contributed by atoms with Crippen molar-refractivity contribution in [2.24, 2.45) is 0 Å². The molecule has 0 unspecified atom stereocenters. The fourth-order valence-electron chi connectivity index (χ4n) is 2.10. The topological polar surface area (TPSA) is 68.4 Å². The average Bonchev–Trinajstić information content (AvgIpc) is 2.49. The van der Waals surface area contributed by atoms with Crippen LogP contribution in [0, 0.1) is 0 Å². The maximum absolute atomic E-state index is 9.55. The molecule has 0 radical (unpaired) electrons. The number of rotatable bonds is 3. The van der Waals surface area contributed by atoms with Gasteiger partial charge >= 0.3 is 0 Å². The zero-order valence-electron chi connectivity index (χ0n) is 10.8. The van der Waals surface area contributed by atoms with Gasteiger partial charge in [0.25, 0.3) is 0 Å². The van der Waals surface area contributed by atoms with E-state index < -0.39 is 0 Å². The first-order chi connectivity index (χ1) is 9.75. The minimum atomic E-state index is 0.0264. The van der Waals surface area contributed by atoms with E-state index in [1.165, 1.54) is 6.07 Å². The molecule has 100 valence electrons. The number of para-hydroxylation sites is 2. The molecule has 0 saturated heterocycles. The number of nitrogens with two attached hydrogens (primary N) is 1. The predicted octanol–water partition coefficient (Wildman–Crippen LogP) is 3.10. The van der Waals surface area contributed by atoms with Crippen LogP contribution in [0.5, 0.6) is 11.5 Å². The Morgan fingerprint density at radius 3 is 2.75 bits per heavy atom. The largest absolute Gasteiger partial charge is 0.506 e. The van der Waals surface area contributed by atoms with Gasteiger partial charge in [-0.25, -0.2) is 0 Å². The van der Waals surface area contributed by atoms with Crippen LogP contribution in [-0.4, -0.2) is 10.1 Å². The summed E-state index contributed by atoms with van der Waals surface area (Å²) in [6, 6.07) is 14.8. The second-order valence-corrected chi connectivity index (χ2v) is 4.47. The van der Waals surface area contributed by atoms with Crippen LogP contribution in [0.3, 0.4) is 0 Å². The van der Waals surface area contributed by atoms with Gasteiger partial charge in [0.15, 0.2) is 0 Å². The van der Waals surface area contributed by atoms with Crippen molar-refractivity contribution in [2.75, 3.05) is 5.73 Å². The standard InChI is InChI=1S/C16H14N2O2/c17-15-13(19)7-2-8-14(15)20-10-12-5-1-4-11-6-3-9-18-16(11)12/h1-9,19H,10,17H2. The third-order valence-corrected chi connectivity index (χ3v) is 3.14. The van der Waals surface area contributed by atoms with Crippen LogP contribution in [0.4, 0.5) is 5.69 Å². The number of hydrogen-bond donors (Lipinski definition) is 2. The summed E-state index contributed by atoms with van der Waals surface area (Å²) in [5, 5.41) is 10.6. The maximum Gasteiger partial charge on any atom is 0.146 e. The molecule has 20 heavy (non-hydrogen) atoms. The Balaban J connectivity index is 1.89. The van der Waals surface area contributed by atoms with Crippen molar-refractivity contribution in [3.8, 4) is 11.5 Å². The minimum absolute atomic E-state index is 0.0264. The van der Waals surface area contributed by atoms with E-state index in [2.05, 4.69) is 4.98 Å². The van der Waals surface area contributed by atoms with Crippen molar-refractivity contribution >= 4 is 16.6 Å². The lowest BCUT2D eigenvalue weighted by molar-refractivity contribution is 0.307. The van der Waals surface area contributed by atoms with Gasteiger partial charge in [0, 0.05) is 17.1 Å². The number of benzene rings is 2. The van der Waals surface area contributed by atoms with Gasteiger partial charge in [-0.1, -0.05) is 30.3 Å². The molecule has 1 heterocycles. The molecule has 0 amide bonds. The molecule has 0 atom stereocenters. The van der Waals surface area contributed by atoms with Gasteiger partial charge in [0.05, 0.1) is 5.52 Å². The van der Waals surface area contributed by atoms with Gasteiger partial charge in [0.2, 0.25) is 0 Å². The molecule has 1 aromatic heterocycles. The van der Waals surface area contributed by atoms with E-state index in [4.69, 9.17) is 10.5 Å². The lowest BCUT2D eigenvalue weighted by Gasteiger charge is -2.11. The number of hydrogen-bond acceptors (Lipinski definition) is 4. The first kappa shape index (κ1) is 12.3. The number of nitrogen functional groups attached to an aromatic ring is 1. The Hall–Kier alpha value is -2.75. The molecular formula is C16H14N2O2. The normalized spacial score (nSPS) is 10.6. The quantitative estimate of drug-likeness (QED) is 0.564. The van der Waals surface area contributed by atoms with Gasteiger partial charge in [-0.2, -0.15) is 0 Å². The first-order valence-corrected chi connectivity index (χ1v) is 6.28. The lowest BCUT2D eigenvalue weighted by Crippen LogP contribution is -2.00. The van der Waals surface area contributed by atoms with Gasteiger partial charge in [-0.3, -0.25) is 4.98 Å². The Labute approximate surface area is 116 Å². The highest BCUT2D eigenvalue weighted by atomic mass is 16.5. The zero-order chi connectivity index (χ0) is 13.9. The Morgan fingerprint density at radius 1 is 1.05 bits per heavy atom. The highest BCUT2D eigenvalue weighted by Crippen LogP contribution is 2.30. The van der Waals surface area contributed by atoms with E-state index in [1.807, 2.05) is 30.3 Å². The molecule has 3 rings (SSSR count). The summed E-state index contributed by atoms with van der Waals surface area (Å²) in [5.41, 5.74) is 7.91. The summed E-state index contributed by atoms with van der Waals surface area (Å²) in [6.07, 6.45) is 1.76. The van der Waals surface area contributed by atoms with Gasteiger partial charge in [-0.15, -0.1) is 0 Å². The molecule has 0 aliphatic carbocycles. The molecule has 0 aliphatic heterocycles. The van der Waals surface area contributed by atoms with Crippen LogP contribution in [0.15, 0.2) is 54.7 Å². The zero-order valence-corrected chi connectivity index (χ0v) is 10.8. The number of ether oxygens (including phenoxy) is 1. The fraction of sp³-hybridized carbons (Fsp3) is 0.0625. The number of pyridine rings is 1. The summed E-state index contributed by atoms with van der Waals surface area (Å²) in [6.45, 7) is 0.349. The molecule has 4 heteroatoms. The van der Waals surface area contributed by atoms with Crippen molar-refractivity contribution < 1.29 is 9.84 Å². The molecule has 0 spiro atoms. The SMILES string of the molecule is Nc1c(O)cccc1OCc1cccc2cccnc12. The van der Waals surface area contributed by atoms with Crippen molar-refractivity contribution in [2.45, 2.75) is 6.61 Å². The summed E-state index contributed by atoms with van der Waals surface area (Å²) >= 11 is 0. The van der Waals surface area contributed by atoms with Gasteiger partial charge < -0.3 is 15.6 Å². The third-order valence-electron chi connectivity index (χ3n) is 3.14. The van der Waals surface area contributed by atoms with Crippen LogP contribution < -0.4 is 10.5 Å². The van der Waals surface area contributed by atoms with Crippen molar-refractivity contribution in [1.29, 1.82) is 0 Å². The maximum atomic E-state index is 9.55. The van der Waals surface area contributed by atoms with Crippen molar-refractivity contribution in [3.63, 3.8) is 0 Å². The smallest absolute Gasteiger partial charge is 0.146 e. The Morgan fingerprint density at radius 2 is 1.85 bits per heavy atom. The number of phenols is 1. The molecular weight excluding hydrogens is 252 g/mol. The monoisotopic (exact) mass is 266 g/mol. The summed E-state index contributed by atoms with van der Waals surface area (Å²) < 4.78 is 5.69. The number of aromatic hydroxyl groups is 1. The van der Waals surface area contributed by atoms with Crippen LogP contribution in [0.1, 0.15) is 5.56 Å². The third kappa shape index (κ3) is 2.23. The number of aromatic nitrogens is 1. The molecule has 2 aromatic carbocycles. The highest BCUT2D eigenvalue weighted by molar-refractivity contribution is 5.81. The number of nitrogens with zero attached hydrogens (tertiary/aromatic N) is 1. The van der Waals surface area contributed by atoms with E-state index in [1.54, 1.807) is 18.3 Å². The fourth-order valence-corrected chi connectivity index (χ4v) is 2.10. The summed E-state index contributed by atoms with van der Waals surface area (Å²) in [7, 11) is 0. The van der Waals surface area contributed by atoms with Gasteiger partial charge in [0.1, 0.15) is 23.8 Å². The molecule has 0 saturated carbocycles. The van der Waals surface area contributed by atoms with Crippen molar-refractivity contribution in [1.82, 2.24) is 4.98 Å². The van der Waals surface area contributed by atoms with E-state index in [9.17, 15) is 5.11 Å². The van der Waals surface area contributed by atoms with Crippen LogP contribution in [0.2, 0.25) is 0 Å². The Kier molecular flexibility index (Phi) is 3.13. The Bertz CT molecular complexity index is 751. The molecule has 0 bridgehead atoms. The molecule has 0 fully saturated rings. The van der Waals surface area contributed by atoms with Gasteiger partial charge in [-0.05, 0) is 18.2 Å². The predicted molar refractivity (Wildman–Crippen MR) is 78.6 cm³/mol. The second-order valence-electron chi connectivity index (χ2n) is 4.47. The van der Waals surface area contributed by atoms with Crippen LogP contribution >= 0.6 is 0 Å². The highest BCUT2D eigenvalue weighted by Gasteiger charge is 2.07. The molecule has 0 aliphatic rings. The van der Waals surface area contributed by atoms with Crippen LogP contribution in [0.25, 0.3) is 10.9 Å². The molecule has 3 aromatic rings. The lowest BCUT2D eigenvalue weighted by atomic mass is 10.1. The van der Waals surface area contributed by atoms with E-state index in [0.717, 1.165) is 16.5 Å². The number of fused-ring (bicyclic) bond motifs is 1. The van der Waals surface area contributed by atoms with E-state index in [-0.39, 0.29) is 11.4 Å².